The summed E-state index contributed by atoms with van der Waals surface area (Å²) in [5.41, 5.74) is 1.60. The Hall–Kier alpha value is -0.210. The van der Waals surface area contributed by atoms with Crippen molar-refractivity contribution in [1.29, 1.82) is 0 Å². The van der Waals surface area contributed by atoms with E-state index in [2.05, 4.69) is 28.1 Å². The van der Waals surface area contributed by atoms with Gasteiger partial charge in [-0.15, -0.1) is 11.6 Å². The summed E-state index contributed by atoms with van der Waals surface area (Å²) >= 11 is 9.91. The van der Waals surface area contributed by atoms with Crippen LogP contribution in [-0.2, 0) is 6.42 Å². The van der Waals surface area contributed by atoms with E-state index in [0.29, 0.717) is 0 Å². The van der Waals surface area contributed by atoms with Crippen LogP contribution in [0.2, 0.25) is 0 Å². The summed E-state index contributed by atoms with van der Waals surface area (Å²) in [6.07, 6.45) is 7.54. The van der Waals surface area contributed by atoms with Crippen LogP contribution in [-0.4, -0.2) is 13.0 Å². The maximum Gasteiger partial charge on any atom is 0.119 e. The quantitative estimate of drug-likeness (QED) is 0.690. The lowest BCUT2D eigenvalue weighted by Crippen LogP contribution is -2.28. The van der Waals surface area contributed by atoms with E-state index in [4.69, 9.17) is 16.3 Å². The molecular weight excluding hydrogens is 312 g/mol. The molecule has 1 fully saturated rings. The highest BCUT2D eigenvalue weighted by atomic mass is 79.9. The van der Waals surface area contributed by atoms with Crippen LogP contribution in [0.25, 0.3) is 0 Å². The first-order valence-electron chi connectivity index (χ1n) is 6.57. The van der Waals surface area contributed by atoms with E-state index in [1.807, 2.05) is 6.07 Å². The van der Waals surface area contributed by atoms with Crippen molar-refractivity contribution in [3.8, 4) is 5.75 Å². The van der Waals surface area contributed by atoms with Crippen molar-refractivity contribution in [3.05, 3.63) is 28.2 Å². The van der Waals surface area contributed by atoms with Crippen LogP contribution < -0.4 is 4.74 Å². The Morgan fingerprint density at radius 3 is 2.61 bits per heavy atom. The Labute approximate surface area is 123 Å². The number of methoxy groups -OCH3 is 1. The van der Waals surface area contributed by atoms with Gasteiger partial charge in [-0.1, -0.05) is 35.2 Å². The first-order chi connectivity index (χ1) is 8.69. The minimum absolute atomic E-state index is 0.286. The third-order valence-corrected chi connectivity index (χ3v) is 5.36. The molecule has 0 aromatic heterocycles. The average Bonchev–Trinajstić information content (AvgIpc) is 2.42. The Morgan fingerprint density at radius 1 is 1.28 bits per heavy atom. The number of halogens is 2. The monoisotopic (exact) mass is 330 g/mol. The van der Waals surface area contributed by atoms with E-state index in [9.17, 15) is 0 Å². The molecule has 1 nitrogen and oxygen atoms in total. The molecule has 1 aromatic carbocycles. The molecule has 0 aliphatic heterocycles. The van der Waals surface area contributed by atoms with Gasteiger partial charge in [0, 0.05) is 10.4 Å². The maximum absolute atomic E-state index is 6.27. The summed E-state index contributed by atoms with van der Waals surface area (Å²) in [6, 6.07) is 6.19. The van der Waals surface area contributed by atoms with E-state index in [0.717, 1.165) is 18.1 Å². The molecule has 0 amide bonds. The van der Waals surface area contributed by atoms with E-state index in [-0.39, 0.29) is 5.41 Å². The minimum Gasteiger partial charge on any atom is -0.497 e. The van der Waals surface area contributed by atoms with Crippen LogP contribution in [0.4, 0.5) is 0 Å². The van der Waals surface area contributed by atoms with Crippen LogP contribution in [0.3, 0.4) is 0 Å². The van der Waals surface area contributed by atoms with Crippen molar-refractivity contribution < 1.29 is 4.74 Å². The van der Waals surface area contributed by atoms with Gasteiger partial charge < -0.3 is 4.74 Å². The van der Waals surface area contributed by atoms with Crippen molar-refractivity contribution in [2.24, 2.45) is 5.41 Å². The van der Waals surface area contributed by atoms with Crippen LogP contribution in [0, 0.1) is 5.41 Å². The van der Waals surface area contributed by atoms with Crippen molar-refractivity contribution >= 4 is 27.5 Å². The second-order valence-corrected chi connectivity index (χ2v) is 6.45. The third kappa shape index (κ3) is 3.21. The molecule has 100 valence electrons. The number of hydrogen-bond acceptors (Lipinski definition) is 1. The molecule has 0 bridgehead atoms. The second-order valence-electron chi connectivity index (χ2n) is 5.33. The Bertz CT molecular complexity index is 399. The molecule has 1 aliphatic rings. The molecule has 2 rings (SSSR count). The lowest BCUT2D eigenvalue weighted by atomic mass is 9.72. The molecule has 1 saturated carbocycles. The molecule has 0 heterocycles. The summed E-state index contributed by atoms with van der Waals surface area (Å²) < 4.78 is 6.48. The third-order valence-electron chi connectivity index (χ3n) is 4.02. The molecule has 0 spiro atoms. The van der Waals surface area contributed by atoms with Gasteiger partial charge in [0.05, 0.1) is 7.11 Å². The maximum atomic E-state index is 6.27. The summed E-state index contributed by atoms with van der Waals surface area (Å²) in [5.74, 6) is 1.69. The standard InChI is InChI=1S/C15H20BrClO/c1-18-13-5-6-14(16)12(9-13)10-15(11-17)7-3-2-4-8-15/h5-6,9H,2-4,7-8,10-11H2,1H3. The molecule has 0 N–H and O–H groups in total. The highest BCUT2D eigenvalue weighted by Gasteiger charge is 2.31. The minimum atomic E-state index is 0.286. The molecule has 0 saturated heterocycles. The Morgan fingerprint density at radius 2 is 2.00 bits per heavy atom. The van der Waals surface area contributed by atoms with Gasteiger partial charge in [-0.2, -0.15) is 0 Å². The van der Waals surface area contributed by atoms with Crippen molar-refractivity contribution in [1.82, 2.24) is 0 Å². The topological polar surface area (TPSA) is 9.23 Å². The molecule has 1 aliphatic carbocycles. The van der Waals surface area contributed by atoms with E-state index in [1.165, 1.54) is 42.1 Å². The highest BCUT2D eigenvalue weighted by molar-refractivity contribution is 9.10. The number of rotatable bonds is 4. The summed E-state index contributed by atoms with van der Waals surface area (Å²) in [7, 11) is 1.71. The number of ether oxygens (including phenoxy) is 1. The Balaban J connectivity index is 2.20. The van der Waals surface area contributed by atoms with Crippen LogP contribution in [0.1, 0.15) is 37.7 Å². The highest BCUT2D eigenvalue weighted by Crippen LogP contribution is 2.41. The number of alkyl halides is 1. The molecule has 3 heteroatoms. The van der Waals surface area contributed by atoms with Gasteiger partial charge in [0.25, 0.3) is 0 Å². The van der Waals surface area contributed by atoms with Gasteiger partial charge in [0.1, 0.15) is 5.75 Å². The summed E-state index contributed by atoms with van der Waals surface area (Å²) in [4.78, 5) is 0. The zero-order valence-corrected chi connectivity index (χ0v) is 13.2. The zero-order valence-electron chi connectivity index (χ0n) is 10.8. The zero-order chi connectivity index (χ0) is 13.0. The average molecular weight is 332 g/mol. The van der Waals surface area contributed by atoms with Gasteiger partial charge in [0.15, 0.2) is 0 Å². The molecular formula is C15H20BrClO. The van der Waals surface area contributed by atoms with Gasteiger partial charge in [-0.3, -0.25) is 0 Å². The smallest absolute Gasteiger partial charge is 0.119 e. The number of benzene rings is 1. The molecule has 0 atom stereocenters. The van der Waals surface area contributed by atoms with E-state index >= 15 is 0 Å². The van der Waals surface area contributed by atoms with Crippen molar-refractivity contribution in [3.63, 3.8) is 0 Å². The summed E-state index contributed by atoms with van der Waals surface area (Å²) in [5, 5.41) is 0. The fourth-order valence-electron chi connectivity index (χ4n) is 2.88. The second kappa shape index (κ2) is 6.29. The normalized spacial score (nSPS) is 18.6. The predicted octanol–water partition coefficient (Wildman–Crippen LogP) is 5.19. The van der Waals surface area contributed by atoms with Gasteiger partial charge in [-0.25, -0.2) is 0 Å². The lowest BCUT2D eigenvalue weighted by Gasteiger charge is -2.36. The van der Waals surface area contributed by atoms with Crippen molar-refractivity contribution in [2.75, 3.05) is 13.0 Å². The fraction of sp³-hybridized carbons (Fsp3) is 0.600. The lowest BCUT2D eigenvalue weighted by molar-refractivity contribution is 0.219. The van der Waals surface area contributed by atoms with Crippen LogP contribution in [0.15, 0.2) is 22.7 Å². The summed E-state index contributed by atoms with van der Waals surface area (Å²) in [6.45, 7) is 0. The first-order valence-corrected chi connectivity index (χ1v) is 7.90. The van der Waals surface area contributed by atoms with Gasteiger partial charge in [0.2, 0.25) is 0 Å². The fourth-order valence-corrected chi connectivity index (χ4v) is 3.63. The molecule has 0 unspecified atom stereocenters. The van der Waals surface area contributed by atoms with Crippen LogP contribution >= 0.6 is 27.5 Å². The Kier molecular flexibility index (Phi) is 4.97. The SMILES string of the molecule is COc1ccc(Br)c(CC2(CCl)CCCCC2)c1. The molecule has 18 heavy (non-hydrogen) atoms. The van der Waals surface area contributed by atoms with E-state index in [1.54, 1.807) is 7.11 Å². The van der Waals surface area contributed by atoms with E-state index < -0.39 is 0 Å². The van der Waals surface area contributed by atoms with Gasteiger partial charge >= 0.3 is 0 Å². The van der Waals surface area contributed by atoms with Gasteiger partial charge in [-0.05, 0) is 48.4 Å². The predicted molar refractivity (Wildman–Crippen MR) is 80.6 cm³/mol. The van der Waals surface area contributed by atoms with Crippen LogP contribution in [0.5, 0.6) is 5.75 Å². The van der Waals surface area contributed by atoms with Crippen molar-refractivity contribution in [2.45, 2.75) is 38.5 Å². The number of hydrogen-bond donors (Lipinski definition) is 0. The molecule has 0 radical (unpaired) electrons. The first kappa shape index (κ1) is 14.2. The molecule has 1 aromatic rings. The largest absolute Gasteiger partial charge is 0.497 e.